The summed E-state index contributed by atoms with van der Waals surface area (Å²) in [4.78, 5) is 0. The quantitative estimate of drug-likeness (QED) is 0.805. The zero-order chi connectivity index (χ0) is 13.1. The third kappa shape index (κ3) is 2.57. The van der Waals surface area contributed by atoms with Crippen molar-refractivity contribution < 1.29 is 19.7 Å². The Hall–Kier alpha value is -0.160. The molecule has 0 aromatic carbocycles. The van der Waals surface area contributed by atoms with Crippen LogP contribution < -0.4 is 0 Å². The summed E-state index contributed by atoms with van der Waals surface area (Å²) in [5, 5.41) is 19.2. The van der Waals surface area contributed by atoms with Crippen molar-refractivity contribution in [1.82, 2.24) is 0 Å². The largest absolute Gasteiger partial charge is 0.396 e. The van der Waals surface area contributed by atoms with Gasteiger partial charge in [-0.1, -0.05) is 26.2 Å². The highest BCUT2D eigenvalue weighted by Gasteiger charge is 2.46. The highest BCUT2D eigenvalue weighted by molar-refractivity contribution is 4.89. The van der Waals surface area contributed by atoms with E-state index in [4.69, 9.17) is 9.47 Å². The van der Waals surface area contributed by atoms with Gasteiger partial charge in [0, 0.05) is 10.8 Å². The molecule has 0 bridgehead atoms. The Morgan fingerprint density at radius 3 is 2.06 bits per heavy atom. The van der Waals surface area contributed by atoms with Crippen LogP contribution in [0.3, 0.4) is 0 Å². The molecule has 2 aliphatic rings. The van der Waals surface area contributed by atoms with Gasteiger partial charge in [0.2, 0.25) is 0 Å². The van der Waals surface area contributed by atoms with Crippen LogP contribution in [0.2, 0.25) is 0 Å². The topological polar surface area (TPSA) is 58.9 Å². The van der Waals surface area contributed by atoms with Crippen LogP contribution in [0.15, 0.2) is 0 Å². The van der Waals surface area contributed by atoms with Crippen LogP contribution in [-0.4, -0.2) is 42.9 Å². The van der Waals surface area contributed by atoms with E-state index in [-0.39, 0.29) is 30.3 Å². The molecule has 106 valence electrons. The third-order valence-corrected chi connectivity index (χ3v) is 4.83. The number of rotatable bonds is 4. The highest BCUT2D eigenvalue weighted by atomic mass is 16.7. The van der Waals surface area contributed by atoms with Crippen LogP contribution in [0.25, 0.3) is 0 Å². The van der Waals surface area contributed by atoms with Gasteiger partial charge in [0.05, 0.1) is 26.4 Å². The summed E-state index contributed by atoms with van der Waals surface area (Å²) in [6.07, 6.45) is 6.03. The van der Waals surface area contributed by atoms with Gasteiger partial charge >= 0.3 is 0 Å². The smallest absolute Gasteiger partial charge is 0.165 e. The van der Waals surface area contributed by atoms with Crippen molar-refractivity contribution in [3.8, 4) is 0 Å². The van der Waals surface area contributed by atoms with Crippen molar-refractivity contribution in [1.29, 1.82) is 0 Å². The SMILES string of the molecule is CCC1(CO)COC(C2(CO)CCCCC2)OC1. The lowest BCUT2D eigenvalue weighted by atomic mass is 9.73. The van der Waals surface area contributed by atoms with Crippen LogP contribution in [0.5, 0.6) is 0 Å². The van der Waals surface area contributed by atoms with Crippen LogP contribution in [-0.2, 0) is 9.47 Å². The fourth-order valence-electron chi connectivity index (χ4n) is 3.08. The summed E-state index contributed by atoms with van der Waals surface area (Å²) >= 11 is 0. The molecule has 18 heavy (non-hydrogen) atoms. The molecular weight excluding hydrogens is 232 g/mol. The fraction of sp³-hybridized carbons (Fsp3) is 1.00. The maximum absolute atomic E-state index is 9.73. The van der Waals surface area contributed by atoms with Crippen LogP contribution >= 0.6 is 0 Å². The molecular formula is C14H26O4. The number of hydrogen-bond acceptors (Lipinski definition) is 4. The monoisotopic (exact) mass is 258 g/mol. The maximum atomic E-state index is 9.73. The van der Waals surface area contributed by atoms with Gasteiger partial charge in [-0.25, -0.2) is 0 Å². The van der Waals surface area contributed by atoms with E-state index in [9.17, 15) is 10.2 Å². The Kier molecular flexibility index (Phi) is 4.64. The molecule has 2 fully saturated rings. The molecule has 1 aliphatic carbocycles. The molecule has 4 heteroatoms. The minimum Gasteiger partial charge on any atom is -0.396 e. The van der Waals surface area contributed by atoms with Crippen molar-refractivity contribution >= 4 is 0 Å². The van der Waals surface area contributed by atoms with E-state index < -0.39 is 0 Å². The first-order valence-electron chi connectivity index (χ1n) is 7.15. The standard InChI is InChI=1S/C14H26O4/c1-2-13(8-15)10-17-12(18-11-13)14(9-16)6-4-3-5-7-14/h12,15-16H,2-11H2,1H3. The van der Waals surface area contributed by atoms with Crippen molar-refractivity contribution in [3.63, 3.8) is 0 Å². The first-order valence-corrected chi connectivity index (χ1v) is 7.15. The number of hydrogen-bond donors (Lipinski definition) is 2. The molecule has 1 aliphatic heterocycles. The Bertz CT molecular complexity index is 247. The second-order valence-corrected chi connectivity index (χ2v) is 6.05. The van der Waals surface area contributed by atoms with Crippen LogP contribution in [0.4, 0.5) is 0 Å². The van der Waals surface area contributed by atoms with Gasteiger partial charge in [-0.05, 0) is 19.3 Å². The molecule has 4 nitrogen and oxygen atoms in total. The third-order valence-electron chi connectivity index (χ3n) is 4.83. The maximum Gasteiger partial charge on any atom is 0.165 e. The van der Waals surface area contributed by atoms with Gasteiger partial charge in [0.1, 0.15) is 0 Å². The molecule has 0 aromatic rings. The lowest BCUT2D eigenvalue weighted by Gasteiger charge is -2.47. The first kappa shape index (κ1) is 14.3. The van der Waals surface area contributed by atoms with Gasteiger partial charge in [-0.2, -0.15) is 0 Å². The molecule has 2 rings (SSSR count). The van der Waals surface area contributed by atoms with Crippen molar-refractivity contribution in [3.05, 3.63) is 0 Å². The minimum absolute atomic E-state index is 0.0995. The fourth-order valence-corrected chi connectivity index (χ4v) is 3.08. The van der Waals surface area contributed by atoms with Crippen molar-refractivity contribution in [2.24, 2.45) is 10.8 Å². The Morgan fingerprint density at radius 1 is 1.00 bits per heavy atom. The molecule has 1 saturated heterocycles. The van der Waals surface area contributed by atoms with E-state index in [2.05, 4.69) is 0 Å². The molecule has 0 spiro atoms. The van der Waals surface area contributed by atoms with Gasteiger partial charge in [-0.3, -0.25) is 0 Å². The van der Waals surface area contributed by atoms with E-state index in [0.717, 1.165) is 32.1 Å². The van der Waals surface area contributed by atoms with Gasteiger partial charge < -0.3 is 19.7 Å². The van der Waals surface area contributed by atoms with E-state index >= 15 is 0 Å². The van der Waals surface area contributed by atoms with E-state index in [1.165, 1.54) is 6.42 Å². The Balaban J connectivity index is 1.99. The second kappa shape index (κ2) is 5.87. The summed E-state index contributed by atoms with van der Waals surface area (Å²) in [5.41, 5.74) is -0.463. The molecule has 0 atom stereocenters. The molecule has 0 radical (unpaired) electrons. The van der Waals surface area contributed by atoms with Gasteiger partial charge in [0.15, 0.2) is 6.29 Å². The van der Waals surface area contributed by atoms with Gasteiger partial charge in [-0.15, -0.1) is 0 Å². The van der Waals surface area contributed by atoms with E-state index in [1.54, 1.807) is 0 Å². The zero-order valence-corrected chi connectivity index (χ0v) is 11.4. The first-order chi connectivity index (χ1) is 8.70. The average molecular weight is 258 g/mol. The van der Waals surface area contributed by atoms with Crippen molar-refractivity contribution in [2.75, 3.05) is 26.4 Å². The van der Waals surface area contributed by atoms with E-state index in [1.807, 2.05) is 6.92 Å². The normalized spacial score (nSPS) is 36.5. The lowest BCUT2D eigenvalue weighted by Crippen LogP contribution is -2.52. The predicted octanol–water partition coefficient (Wildman–Crippen LogP) is 1.69. The molecule has 0 aromatic heterocycles. The molecule has 1 saturated carbocycles. The molecule has 0 amide bonds. The van der Waals surface area contributed by atoms with Crippen LogP contribution in [0.1, 0.15) is 45.4 Å². The van der Waals surface area contributed by atoms with Crippen molar-refractivity contribution in [2.45, 2.75) is 51.7 Å². The summed E-state index contributed by atoms with van der Waals surface area (Å²) in [6.45, 7) is 3.35. The highest BCUT2D eigenvalue weighted by Crippen LogP contribution is 2.43. The van der Waals surface area contributed by atoms with Crippen LogP contribution in [0, 0.1) is 10.8 Å². The molecule has 2 N–H and O–H groups in total. The predicted molar refractivity (Wildman–Crippen MR) is 68.1 cm³/mol. The second-order valence-electron chi connectivity index (χ2n) is 6.05. The summed E-state index contributed by atoms with van der Waals surface area (Å²) in [7, 11) is 0. The lowest BCUT2D eigenvalue weighted by molar-refractivity contribution is -0.290. The average Bonchev–Trinajstić information content (AvgIpc) is 2.48. The number of ether oxygens (including phenoxy) is 2. The number of aliphatic hydroxyl groups excluding tert-OH is 2. The zero-order valence-electron chi connectivity index (χ0n) is 11.4. The molecule has 1 heterocycles. The van der Waals surface area contributed by atoms with E-state index in [0.29, 0.717) is 13.2 Å². The number of aliphatic hydroxyl groups is 2. The Morgan fingerprint density at radius 2 is 1.61 bits per heavy atom. The summed E-state index contributed by atoms with van der Waals surface area (Å²) < 4.78 is 11.7. The summed E-state index contributed by atoms with van der Waals surface area (Å²) in [6, 6.07) is 0. The summed E-state index contributed by atoms with van der Waals surface area (Å²) in [5.74, 6) is 0. The minimum atomic E-state index is -0.297. The molecule has 0 unspecified atom stereocenters. The van der Waals surface area contributed by atoms with Gasteiger partial charge in [0.25, 0.3) is 0 Å². The Labute approximate surface area is 109 Å².